The van der Waals surface area contributed by atoms with E-state index < -0.39 is 11.7 Å². The average molecular weight is 364 g/mol. The Hall–Kier alpha value is -2.01. The number of benzene rings is 1. The van der Waals surface area contributed by atoms with Crippen LogP contribution in [0.2, 0.25) is 0 Å². The largest absolute Gasteiger partial charge is 0.416 e. The lowest BCUT2D eigenvalue weighted by Gasteiger charge is -2.31. The third kappa shape index (κ3) is 5.24. The number of alkyl halides is 3. The van der Waals surface area contributed by atoms with Crippen LogP contribution < -0.4 is 0 Å². The van der Waals surface area contributed by atoms with Gasteiger partial charge >= 0.3 is 6.18 Å². The van der Waals surface area contributed by atoms with Gasteiger partial charge in [0, 0.05) is 37.6 Å². The maximum atomic E-state index is 12.9. The monoisotopic (exact) mass is 364 g/mol. The Labute approximate surface area is 153 Å². The fourth-order valence-corrected chi connectivity index (χ4v) is 2.96. The van der Waals surface area contributed by atoms with Crippen LogP contribution >= 0.6 is 0 Å². The van der Waals surface area contributed by atoms with Gasteiger partial charge < -0.3 is 4.57 Å². The fraction of sp³-hybridized carbons (Fsp3) is 0.429. The molecule has 1 heterocycles. The summed E-state index contributed by atoms with van der Waals surface area (Å²) < 4.78 is 40.8. The number of rotatable bonds is 8. The van der Waals surface area contributed by atoms with E-state index in [1.54, 1.807) is 6.07 Å². The molecule has 0 aliphatic carbocycles. The van der Waals surface area contributed by atoms with Gasteiger partial charge in [-0.15, -0.1) is 6.58 Å². The number of hydrogen-bond acceptors (Lipinski definition) is 1. The number of nitrogens with zero attached hydrogens (tertiary/aromatic N) is 2. The third-order valence-electron chi connectivity index (χ3n) is 4.80. The minimum atomic E-state index is -4.32. The molecule has 26 heavy (non-hydrogen) atoms. The van der Waals surface area contributed by atoms with Crippen molar-refractivity contribution in [2.45, 2.75) is 46.1 Å². The zero-order chi connectivity index (χ0) is 19.3. The first-order valence-electron chi connectivity index (χ1n) is 8.87. The van der Waals surface area contributed by atoms with Crippen LogP contribution in [0.15, 0.2) is 55.3 Å². The molecule has 0 saturated carbocycles. The van der Waals surface area contributed by atoms with E-state index in [1.165, 1.54) is 12.1 Å². The van der Waals surface area contributed by atoms with Crippen LogP contribution in [0, 0.1) is 5.92 Å². The van der Waals surface area contributed by atoms with Gasteiger partial charge in [-0.1, -0.05) is 32.1 Å². The number of hydrogen-bond donors (Lipinski definition) is 0. The summed E-state index contributed by atoms with van der Waals surface area (Å²) in [7, 11) is 0. The molecule has 2 aromatic rings. The fourth-order valence-electron chi connectivity index (χ4n) is 2.96. The van der Waals surface area contributed by atoms with E-state index in [0.717, 1.165) is 24.8 Å². The Morgan fingerprint density at radius 2 is 1.88 bits per heavy atom. The second kappa shape index (κ2) is 8.58. The lowest BCUT2D eigenvalue weighted by Crippen LogP contribution is -2.36. The minimum Gasteiger partial charge on any atom is -0.346 e. The molecule has 1 aromatic heterocycles. The van der Waals surface area contributed by atoms with Crippen molar-refractivity contribution in [3.63, 3.8) is 0 Å². The van der Waals surface area contributed by atoms with Crippen molar-refractivity contribution >= 4 is 0 Å². The molecular weight excluding hydrogens is 337 g/mol. The zero-order valence-electron chi connectivity index (χ0n) is 15.6. The topological polar surface area (TPSA) is 8.17 Å². The van der Waals surface area contributed by atoms with Gasteiger partial charge in [-0.3, -0.25) is 4.90 Å². The molecule has 142 valence electrons. The van der Waals surface area contributed by atoms with Crippen LogP contribution in [0.3, 0.4) is 0 Å². The maximum absolute atomic E-state index is 12.9. The van der Waals surface area contributed by atoms with Crippen LogP contribution in [0.4, 0.5) is 13.2 Å². The van der Waals surface area contributed by atoms with E-state index in [4.69, 9.17) is 0 Å². The van der Waals surface area contributed by atoms with Gasteiger partial charge in [0.15, 0.2) is 0 Å². The van der Waals surface area contributed by atoms with Crippen molar-refractivity contribution in [2.75, 3.05) is 6.54 Å². The van der Waals surface area contributed by atoms with Gasteiger partial charge in [-0.25, -0.2) is 0 Å². The van der Waals surface area contributed by atoms with Crippen molar-refractivity contribution < 1.29 is 13.2 Å². The summed E-state index contributed by atoms with van der Waals surface area (Å²) in [6, 6.07) is 9.87. The highest BCUT2D eigenvalue weighted by molar-refractivity contribution is 5.26. The molecule has 0 radical (unpaired) electrons. The zero-order valence-corrected chi connectivity index (χ0v) is 15.6. The molecule has 5 heteroatoms. The predicted octanol–water partition coefficient (Wildman–Crippen LogP) is 5.59. The molecule has 0 unspecified atom stereocenters. The van der Waals surface area contributed by atoms with Crippen molar-refractivity contribution in [1.29, 1.82) is 0 Å². The molecule has 0 amide bonds. The standard InChI is InChI=1S/C21H27F3N2/c1-5-11-25(17(4)16(2)3)15-20-10-7-12-26(20)14-18-8-6-9-19(13-18)21(22,23)24/h5-10,12-13,16-17H,1,11,14-15H2,2-4H3/t17-/m0/s1. The quantitative estimate of drug-likeness (QED) is 0.555. The summed E-state index contributed by atoms with van der Waals surface area (Å²) in [5, 5.41) is 0. The first kappa shape index (κ1) is 20.3. The lowest BCUT2D eigenvalue weighted by molar-refractivity contribution is -0.137. The molecule has 1 atom stereocenters. The van der Waals surface area contributed by atoms with Crippen LogP contribution in [-0.4, -0.2) is 22.1 Å². The third-order valence-corrected chi connectivity index (χ3v) is 4.80. The van der Waals surface area contributed by atoms with E-state index in [0.29, 0.717) is 24.1 Å². The number of aromatic nitrogens is 1. The van der Waals surface area contributed by atoms with E-state index in [2.05, 4.69) is 32.3 Å². The van der Waals surface area contributed by atoms with Gasteiger partial charge in [0.2, 0.25) is 0 Å². The first-order valence-corrected chi connectivity index (χ1v) is 8.87. The minimum absolute atomic E-state index is 0.380. The maximum Gasteiger partial charge on any atom is 0.416 e. The normalized spacial score (nSPS) is 13.4. The summed E-state index contributed by atoms with van der Waals surface area (Å²) in [4.78, 5) is 2.33. The molecule has 2 nitrogen and oxygen atoms in total. The molecule has 0 N–H and O–H groups in total. The summed E-state index contributed by atoms with van der Waals surface area (Å²) in [5.41, 5.74) is 1.12. The molecular formula is C21H27F3N2. The van der Waals surface area contributed by atoms with Crippen molar-refractivity contribution in [3.05, 3.63) is 72.1 Å². The molecule has 0 spiro atoms. The van der Waals surface area contributed by atoms with Crippen LogP contribution in [0.25, 0.3) is 0 Å². The molecule has 0 aliphatic heterocycles. The smallest absolute Gasteiger partial charge is 0.346 e. The summed E-state index contributed by atoms with van der Waals surface area (Å²) in [5.74, 6) is 0.502. The van der Waals surface area contributed by atoms with Gasteiger partial charge in [-0.2, -0.15) is 13.2 Å². The second-order valence-corrected chi connectivity index (χ2v) is 7.03. The number of halogens is 3. The van der Waals surface area contributed by atoms with Crippen LogP contribution in [0.1, 0.15) is 37.6 Å². The van der Waals surface area contributed by atoms with Crippen molar-refractivity contribution in [2.24, 2.45) is 5.92 Å². The van der Waals surface area contributed by atoms with Crippen LogP contribution in [-0.2, 0) is 19.3 Å². The van der Waals surface area contributed by atoms with E-state index in [1.807, 2.05) is 29.0 Å². The van der Waals surface area contributed by atoms with Gasteiger partial charge in [0.1, 0.15) is 0 Å². The Morgan fingerprint density at radius 1 is 1.15 bits per heavy atom. The molecule has 0 aliphatic rings. The molecule has 0 fully saturated rings. The Bertz CT molecular complexity index is 716. The first-order chi connectivity index (χ1) is 12.2. The summed E-state index contributed by atoms with van der Waals surface area (Å²) in [6.07, 6.45) is -0.510. The summed E-state index contributed by atoms with van der Waals surface area (Å²) in [6.45, 7) is 12.3. The van der Waals surface area contributed by atoms with E-state index >= 15 is 0 Å². The SMILES string of the molecule is C=CCN(Cc1cccn1Cc1cccc(C(F)(F)F)c1)[C@@H](C)C(C)C. The van der Waals surface area contributed by atoms with Gasteiger partial charge in [0.05, 0.1) is 5.56 Å². The Morgan fingerprint density at radius 3 is 2.50 bits per heavy atom. The Kier molecular flexibility index (Phi) is 6.70. The molecule has 0 bridgehead atoms. The van der Waals surface area contributed by atoms with Gasteiger partial charge in [0.25, 0.3) is 0 Å². The Balaban J connectivity index is 2.19. The average Bonchev–Trinajstić information content (AvgIpc) is 3.00. The van der Waals surface area contributed by atoms with Gasteiger partial charge in [-0.05, 0) is 42.7 Å². The highest BCUT2D eigenvalue weighted by Crippen LogP contribution is 2.29. The summed E-state index contributed by atoms with van der Waals surface area (Å²) >= 11 is 0. The van der Waals surface area contributed by atoms with Crippen LogP contribution in [0.5, 0.6) is 0 Å². The highest BCUT2D eigenvalue weighted by atomic mass is 19.4. The van der Waals surface area contributed by atoms with Crippen molar-refractivity contribution in [1.82, 2.24) is 9.47 Å². The second-order valence-electron chi connectivity index (χ2n) is 7.03. The predicted molar refractivity (Wildman–Crippen MR) is 99.9 cm³/mol. The highest BCUT2D eigenvalue weighted by Gasteiger charge is 2.30. The molecule has 2 rings (SSSR count). The van der Waals surface area contributed by atoms with E-state index in [-0.39, 0.29) is 0 Å². The molecule has 1 aromatic carbocycles. The lowest BCUT2D eigenvalue weighted by atomic mass is 10.0. The molecule has 0 saturated heterocycles. The van der Waals surface area contributed by atoms with E-state index in [9.17, 15) is 13.2 Å². The van der Waals surface area contributed by atoms with Crippen molar-refractivity contribution in [3.8, 4) is 0 Å².